The summed E-state index contributed by atoms with van der Waals surface area (Å²) in [4.78, 5) is 11.8. The molecule has 0 aromatic heterocycles. The Labute approximate surface area is 112 Å². The lowest BCUT2D eigenvalue weighted by Crippen LogP contribution is -2.29. The summed E-state index contributed by atoms with van der Waals surface area (Å²) >= 11 is 11.8. The van der Waals surface area contributed by atoms with E-state index in [4.69, 9.17) is 28.9 Å². The zero-order chi connectivity index (χ0) is 13.0. The van der Waals surface area contributed by atoms with Crippen molar-refractivity contribution in [2.45, 2.75) is 32.7 Å². The number of Topliss-reactive ketones (excluding diaryl/α,β-unsaturated/α-hetero) is 1. The van der Waals surface area contributed by atoms with Gasteiger partial charge in [-0.3, -0.25) is 4.79 Å². The van der Waals surface area contributed by atoms with E-state index in [-0.39, 0.29) is 11.8 Å². The molecule has 1 atom stereocenters. The Morgan fingerprint density at radius 1 is 1.35 bits per heavy atom. The Morgan fingerprint density at radius 3 is 2.53 bits per heavy atom. The molecule has 1 rings (SSSR count). The fourth-order valence-corrected chi connectivity index (χ4v) is 1.92. The van der Waals surface area contributed by atoms with Crippen molar-refractivity contribution in [3.05, 3.63) is 33.8 Å². The third-order valence-corrected chi connectivity index (χ3v) is 3.31. The molecule has 1 aromatic rings. The normalized spacial score (nSPS) is 12.8. The fourth-order valence-electron chi connectivity index (χ4n) is 1.45. The summed E-state index contributed by atoms with van der Waals surface area (Å²) in [5, 5.41) is 1.11. The highest BCUT2D eigenvalue weighted by Crippen LogP contribution is 2.22. The third kappa shape index (κ3) is 4.66. The summed E-state index contributed by atoms with van der Waals surface area (Å²) in [6.07, 6.45) is 0.701. The number of carbonyl (C=O) groups is 1. The molecule has 0 heterocycles. The second-order valence-electron chi connectivity index (χ2n) is 4.56. The van der Waals surface area contributed by atoms with Gasteiger partial charge in [0.05, 0.1) is 0 Å². The van der Waals surface area contributed by atoms with Gasteiger partial charge in [-0.2, -0.15) is 0 Å². The van der Waals surface area contributed by atoms with Crippen LogP contribution in [0.15, 0.2) is 18.2 Å². The van der Waals surface area contributed by atoms with Gasteiger partial charge in [-0.25, -0.2) is 0 Å². The van der Waals surface area contributed by atoms with Crippen molar-refractivity contribution < 1.29 is 4.79 Å². The third-order valence-electron chi connectivity index (χ3n) is 2.72. The second kappa shape index (κ2) is 6.39. The summed E-state index contributed by atoms with van der Waals surface area (Å²) in [7, 11) is 0. The molecule has 17 heavy (non-hydrogen) atoms. The summed E-state index contributed by atoms with van der Waals surface area (Å²) in [6, 6.07) is 5.07. The van der Waals surface area contributed by atoms with E-state index in [2.05, 4.69) is 0 Å². The van der Waals surface area contributed by atoms with Crippen LogP contribution < -0.4 is 5.73 Å². The zero-order valence-electron chi connectivity index (χ0n) is 10.0. The quantitative estimate of drug-likeness (QED) is 0.893. The van der Waals surface area contributed by atoms with Crippen LogP contribution in [0.25, 0.3) is 0 Å². The van der Waals surface area contributed by atoms with Gasteiger partial charge < -0.3 is 5.73 Å². The number of nitrogens with two attached hydrogens (primary N) is 1. The maximum atomic E-state index is 11.8. The molecule has 0 amide bonds. The van der Waals surface area contributed by atoms with Crippen LogP contribution in [0.5, 0.6) is 0 Å². The van der Waals surface area contributed by atoms with Crippen LogP contribution in [0, 0.1) is 5.92 Å². The van der Waals surface area contributed by atoms with Crippen LogP contribution in [0.4, 0.5) is 0 Å². The zero-order valence-corrected chi connectivity index (χ0v) is 11.6. The molecule has 0 bridgehead atoms. The minimum atomic E-state index is -0.0893. The summed E-state index contributed by atoms with van der Waals surface area (Å²) in [6.45, 7) is 4.01. The Bertz CT molecular complexity index is 404. The van der Waals surface area contributed by atoms with E-state index >= 15 is 0 Å². The Balaban J connectivity index is 2.62. The smallest absolute Gasteiger partial charge is 0.138 e. The Kier molecular flexibility index (Phi) is 5.44. The highest BCUT2D eigenvalue weighted by molar-refractivity contribution is 6.35. The van der Waals surface area contributed by atoms with E-state index in [1.54, 1.807) is 18.2 Å². The van der Waals surface area contributed by atoms with E-state index in [0.717, 1.165) is 5.56 Å². The molecule has 94 valence electrons. The SMILES string of the molecule is CC(C)C(N)CC(=O)Cc1ccc(Cl)cc1Cl. The van der Waals surface area contributed by atoms with E-state index in [1.807, 2.05) is 13.8 Å². The lowest BCUT2D eigenvalue weighted by molar-refractivity contribution is -0.118. The van der Waals surface area contributed by atoms with Crippen LogP contribution >= 0.6 is 23.2 Å². The predicted molar refractivity (Wildman–Crippen MR) is 72.6 cm³/mol. The first-order chi connectivity index (χ1) is 7.90. The van der Waals surface area contributed by atoms with Crippen LogP contribution in [0.3, 0.4) is 0 Å². The van der Waals surface area contributed by atoms with Gasteiger partial charge in [-0.15, -0.1) is 0 Å². The van der Waals surface area contributed by atoms with Crippen molar-refractivity contribution in [1.29, 1.82) is 0 Å². The predicted octanol–water partition coefficient (Wildman–Crippen LogP) is 3.48. The molecule has 0 spiro atoms. The first kappa shape index (κ1) is 14.5. The molecule has 2 nitrogen and oxygen atoms in total. The largest absolute Gasteiger partial charge is 0.327 e. The lowest BCUT2D eigenvalue weighted by atomic mass is 9.97. The molecule has 0 fully saturated rings. The van der Waals surface area contributed by atoms with E-state index < -0.39 is 0 Å². The number of halogens is 2. The van der Waals surface area contributed by atoms with Gasteiger partial charge in [-0.05, 0) is 23.6 Å². The van der Waals surface area contributed by atoms with Gasteiger partial charge in [0.25, 0.3) is 0 Å². The molecule has 0 aliphatic carbocycles. The number of carbonyl (C=O) groups excluding carboxylic acids is 1. The van der Waals surface area contributed by atoms with Crippen molar-refractivity contribution in [3.63, 3.8) is 0 Å². The van der Waals surface area contributed by atoms with E-state index in [0.29, 0.717) is 28.8 Å². The molecule has 2 N–H and O–H groups in total. The number of hydrogen-bond acceptors (Lipinski definition) is 2. The monoisotopic (exact) mass is 273 g/mol. The number of rotatable bonds is 5. The molecule has 0 aliphatic rings. The topological polar surface area (TPSA) is 43.1 Å². The Morgan fingerprint density at radius 2 is 2.00 bits per heavy atom. The van der Waals surface area contributed by atoms with Crippen LogP contribution in [0.2, 0.25) is 10.0 Å². The highest BCUT2D eigenvalue weighted by Gasteiger charge is 2.14. The summed E-state index contributed by atoms with van der Waals surface area (Å²) in [5.41, 5.74) is 6.66. The molecule has 0 radical (unpaired) electrons. The maximum absolute atomic E-state index is 11.8. The molecule has 0 saturated heterocycles. The summed E-state index contributed by atoms with van der Waals surface area (Å²) in [5.74, 6) is 0.412. The highest BCUT2D eigenvalue weighted by atomic mass is 35.5. The molecule has 0 aliphatic heterocycles. The van der Waals surface area contributed by atoms with Crippen LogP contribution in [-0.2, 0) is 11.2 Å². The standard InChI is InChI=1S/C13H17Cl2NO/c1-8(2)13(16)7-11(17)5-9-3-4-10(14)6-12(9)15/h3-4,6,8,13H,5,7,16H2,1-2H3. The number of ketones is 1. The minimum absolute atomic E-state index is 0.0893. The minimum Gasteiger partial charge on any atom is -0.327 e. The molecule has 1 aromatic carbocycles. The van der Waals surface area contributed by atoms with Crippen molar-refractivity contribution in [1.82, 2.24) is 0 Å². The van der Waals surface area contributed by atoms with Crippen molar-refractivity contribution in [3.8, 4) is 0 Å². The van der Waals surface area contributed by atoms with Gasteiger partial charge in [0.1, 0.15) is 5.78 Å². The maximum Gasteiger partial charge on any atom is 0.138 e. The first-order valence-electron chi connectivity index (χ1n) is 5.61. The molecular weight excluding hydrogens is 257 g/mol. The van der Waals surface area contributed by atoms with E-state index in [1.165, 1.54) is 0 Å². The Hall–Kier alpha value is -0.570. The van der Waals surface area contributed by atoms with Gasteiger partial charge >= 0.3 is 0 Å². The van der Waals surface area contributed by atoms with E-state index in [9.17, 15) is 4.79 Å². The van der Waals surface area contributed by atoms with Gasteiger partial charge in [-0.1, -0.05) is 43.1 Å². The molecule has 1 unspecified atom stereocenters. The lowest BCUT2D eigenvalue weighted by Gasteiger charge is -2.14. The van der Waals surface area contributed by atoms with Gasteiger partial charge in [0.15, 0.2) is 0 Å². The van der Waals surface area contributed by atoms with Gasteiger partial charge in [0, 0.05) is 28.9 Å². The van der Waals surface area contributed by atoms with Crippen molar-refractivity contribution in [2.75, 3.05) is 0 Å². The molecule has 4 heteroatoms. The second-order valence-corrected chi connectivity index (χ2v) is 5.41. The van der Waals surface area contributed by atoms with Crippen molar-refractivity contribution in [2.24, 2.45) is 11.7 Å². The average Bonchev–Trinajstić information content (AvgIpc) is 2.22. The number of benzene rings is 1. The van der Waals surface area contributed by atoms with Crippen molar-refractivity contribution >= 4 is 29.0 Å². The first-order valence-corrected chi connectivity index (χ1v) is 6.37. The fraction of sp³-hybridized carbons (Fsp3) is 0.462. The van der Waals surface area contributed by atoms with Gasteiger partial charge in [0.2, 0.25) is 0 Å². The number of hydrogen-bond donors (Lipinski definition) is 1. The van der Waals surface area contributed by atoms with Crippen LogP contribution in [0.1, 0.15) is 25.8 Å². The van der Waals surface area contributed by atoms with Crippen LogP contribution in [-0.4, -0.2) is 11.8 Å². The summed E-state index contributed by atoms with van der Waals surface area (Å²) < 4.78 is 0. The molecule has 0 saturated carbocycles. The average molecular weight is 274 g/mol. The molecular formula is C13H17Cl2NO.